The molecule has 3 atom stereocenters. The van der Waals surface area contributed by atoms with Crippen LogP contribution in [0.1, 0.15) is 37.4 Å². The first-order valence-corrected chi connectivity index (χ1v) is 7.76. The van der Waals surface area contributed by atoms with Crippen molar-refractivity contribution in [3.05, 3.63) is 23.8 Å². The van der Waals surface area contributed by atoms with E-state index < -0.39 is 6.10 Å². The molecule has 1 N–H and O–H groups in total. The molecule has 0 saturated carbocycles. The third-order valence-corrected chi connectivity index (χ3v) is 5.34. The van der Waals surface area contributed by atoms with Crippen LogP contribution in [-0.2, 0) is 0 Å². The van der Waals surface area contributed by atoms with Crippen molar-refractivity contribution in [2.75, 3.05) is 21.3 Å². The van der Waals surface area contributed by atoms with E-state index in [9.17, 15) is 5.11 Å². The van der Waals surface area contributed by atoms with E-state index >= 15 is 0 Å². The zero-order valence-corrected chi connectivity index (χ0v) is 13.1. The van der Waals surface area contributed by atoms with Crippen LogP contribution in [-0.4, -0.2) is 43.4 Å². The van der Waals surface area contributed by atoms with Gasteiger partial charge in [-0.15, -0.1) is 0 Å². The van der Waals surface area contributed by atoms with Crippen molar-refractivity contribution in [3.63, 3.8) is 0 Å². The normalized spacial score (nSPS) is 30.2. The second-order valence-corrected chi connectivity index (χ2v) is 6.30. The standard InChI is InChI=1S/C17H25NO3/c1-18-12-7-8-13(18)10-11(9-12)17(19)16-14(20-2)5-4-6-15(16)21-3/h4-6,11-13,17,19H,7-10H2,1-3H3. The largest absolute Gasteiger partial charge is 0.496 e. The Morgan fingerprint density at radius 3 is 2.10 bits per heavy atom. The summed E-state index contributed by atoms with van der Waals surface area (Å²) in [5.74, 6) is 1.71. The Morgan fingerprint density at radius 2 is 1.62 bits per heavy atom. The van der Waals surface area contributed by atoms with Gasteiger partial charge in [0.25, 0.3) is 0 Å². The van der Waals surface area contributed by atoms with E-state index in [4.69, 9.17) is 9.47 Å². The van der Waals surface area contributed by atoms with Gasteiger partial charge >= 0.3 is 0 Å². The maximum Gasteiger partial charge on any atom is 0.128 e. The third kappa shape index (κ3) is 2.51. The second-order valence-electron chi connectivity index (χ2n) is 6.30. The number of rotatable bonds is 4. The molecule has 0 aromatic heterocycles. The molecular weight excluding hydrogens is 266 g/mol. The maximum absolute atomic E-state index is 10.9. The van der Waals surface area contributed by atoms with Gasteiger partial charge in [0, 0.05) is 12.1 Å². The maximum atomic E-state index is 10.9. The van der Waals surface area contributed by atoms with Gasteiger partial charge in [0.15, 0.2) is 0 Å². The average molecular weight is 291 g/mol. The Hall–Kier alpha value is -1.26. The van der Waals surface area contributed by atoms with Crippen LogP contribution in [0.4, 0.5) is 0 Å². The molecule has 3 rings (SSSR count). The fourth-order valence-corrected chi connectivity index (χ4v) is 4.12. The molecule has 2 bridgehead atoms. The molecule has 1 aromatic rings. The fourth-order valence-electron chi connectivity index (χ4n) is 4.12. The minimum absolute atomic E-state index is 0.281. The molecule has 116 valence electrons. The van der Waals surface area contributed by atoms with E-state index in [0.29, 0.717) is 23.6 Å². The molecule has 0 spiro atoms. The van der Waals surface area contributed by atoms with Crippen molar-refractivity contribution in [1.82, 2.24) is 4.90 Å². The third-order valence-electron chi connectivity index (χ3n) is 5.34. The van der Waals surface area contributed by atoms with Gasteiger partial charge in [0.1, 0.15) is 11.5 Å². The van der Waals surface area contributed by atoms with Gasteiger partial charge in [-0.3, -0.25) is 0 Å². The van der Waals surface area contributed by atoms with Crippen LogP contribution in [0.15, 0.2) is 18.2 Å². The number of hydrogen-bond acceptors (Lipinski definition) is 4. The van der Waals surface area contributed by atoms with Crippen molar-refractivity contribution in [1.29, 1.82) is 0 Å². The van der Waals surface area contributed by atoms with Gasteiger partial charge in [-0.05, 0) is 50.8 Å². The fraction of sp³-hybridized carbons (Fsp3) is 0.647. The van der Waals surface area contributed by atoms with Gasteiger partial charge < -0.3 is 19.5 Å². The summed E-state index contributed by atoms with van der Waals surface area (Å²) in [7, 11) is 5.50. The number of nitrogens with zero attached hydrogens (tertiary/aromatic N) is 1. The van der Waals surface area contributed by atoms with Crippen molar-refractivity contribution in [3.8, 4) is 11.5 Å². The quantitative estimate of drug-likeness (QED) is 0.926. The number of hydrogen-bond donors (Lipinski definition) is 1. The minimum atomic E-state index is -0.520. The first-order chi connectivity index (χ1) is 10.2. The van der Waals surface area contributed by atoms with Crippen LogP contribution in [0.5, 0.6) is 11.5 Å². The van der Waals surface area contributed by atoms with Crippen molar-refractivity contribution in [2.45, 2.75) is 43.9 Å². The van der Waals surface area contributed by atoms with Gasteiger partial charge in [0.2, 0.25) is 0 Å². The zero-order chi connectivity index (χ0) is 15.0. The van der Waals surface area contributed by atoms with Crippen molar-refractivity contribution in [2.24, 2.45) is 5.92 Å². The summed E-state index contributed by atoms with van der Waals surface area (Å²) in [6, 6.07) is 6.91. The molecule has 21 heavy (non-hydrogen) atoms. The Kier molecular flexibility index (Phi) is 4.09. The lowest BCUT2D eigenvalue weighted by Crippen LogP contribution is -2.41. The summed E-state index contributed by atoms with van der Waals surface area (Å²) in [4.78, 5) is 2.49. The molecule has 2 fully saturated rings. The average Bonchev–Trinajstić information content (AvgIpc) is 2.74. The topological polar surface area (TPSA) is 41.9 Å². The Labute approximate surface area is 126 Å². The molecule has 4 nitrogen and oxygen atoms in total. The van der Waals surface area contributed by atoms with Crippen molar-refractivity contribution >= 4 is 0 Å². The van der Waals surface area contributed by atoms with Gasteiger partial charge in [-0.25, -0.2) is 0 Å². The summed E-state index contributed by atoms with van der Waals surface area (Å²) in [5, 5.41) is 10.9. The van der Waals surface area contributed by atoms with Crippen LogP contribution < -0.4 is 9.47 Å². The highest BCUT2D eigenvalue weighted by molar-refractivity contribution is 5.46. The van der Waals surface area contributed by atoms with Crippen LogP contribution in [0.2, 0.25) is 0 Å². The highest BCUT2D eigenvalue weighted by atomic mass is 16.5. The van der Waals surface area contributed by atoms with E-state index in [-0.39, 0.29) is 5.92 Å². The molecule has 2 heterocycles. The first kappa shape index (κ1) is 14.7. The number of aliphatic hydroxyl groups excluding tert-OH is 1. The molecular formula is C17H25NO3. The van der Waals surface area contributed by atoms with E-state index in [1.807, 2.05) is 18.2 Å². The number of aliphatic hydroxyl groups is 1. The predicted molar refractivity (Wildman–Crippen MR) is 81.8 cm³/mol. The van der Waals surface area contributed by atoms with E-state index in [0.717, 1.165) is 18.4 Å². The smallest absolute Gasteiger partial charge is 0.128 e. The molecule has 0 radical (unpaired) electrons. The molecule has 4 heteroatoms. The summed E-state index contributed by atoms with van der Waals surface area (Å²) in [6.45, 7) is 0. The second kappa shape index (κ2) is 5.85. The summed E-state index contributed by atoms with van der Waals surface area (Å²) < 4.78 is 10.9. The molecule has 1 aromatic carbocycles. The number of piperidine rings is 1. The zero-order valence-electron chi connectivity index (χ0n) is 13.1. The number of methoxy groups -OCH3 is 2. The SMILES string of the molecule is COc1cccc(OC)c1C(O)C1CC2CCC(C1)N2C. The van der Waals surface area contributed by atoms with E-state index in [2.05, 4.69) is 11.9 Å². The molecule has 2 aliphatic heterocycles. The number of fused-ring (bicyclic) bond motifs is 2. The number of ether oxygens (including phenoxy) is 2. The Balaban J connectivity index is 1.87. The summed E-state index contributed by atoms with van der Waals surface area (Å²) in [5.41, 5.74) is 0.802. The lowest BCUT2D eigenvalue weighted by Gasteiger charge is -2.38. The van der Waals surface area contributed by atoms with Crippen molar-refractivity contribution < 1.29 is 14.6 Å². The van der Waals surface area contributed by atoms with Gasteiger partial charge in [-0.2, -0.15) is 0 Å². The van der Waals surface area contributed by atoms with E-state index in [1.54, 1.807) is 14.2 Å². The Morgan fingerprint density at radius 1 is 1.10 bits per heavy atom. The predicted octanol–water partition coefficient (Wildman–Crippen LogP) is 2.61. The molecule has 0 aliphatic carbocycles. The van der Waals surface area contributed by atoms with Crippen LogP contribution in [0, 0.1) is 5.92 Å². The highest BCUT2D eigenvalue weighted by Gasteiger charge is 2.42. The molecule has 2 saturated heterocycles. The first-order valence-electron chi connectivity index (χ1n) is 7.76. The lowest BCUT2D eigenvalue weighted by atomic mass is 9.83. The lowest BCUT2D eigenvalue weighted by molar-refractivity contribution is 0.0330. The molecule has 3 unspecified atom stereocenters. The van der Waals surface area contributed by atoms with Gasteiger partial charge in [-0.1, -0.05) is 6.07 Å². The van der Waals surface area contributed by atoms with Crippen LogP contribution in [0.3, 0.4) is 0 Å². The van der Waals surface area contributed by atoms with Crippen LogP contribution in [0.25, 0.3) is 0 Å². The minimum Gasteiger partial charge on any atom is -0.496 e. The monoisotopic (exact) mass is 291 g/mol. The van der Waals surface area contributed by atoms with Crippen LogP contribution >= 0.6 is 0 Å². The summed E-state index contributed by atoms with van der Waals surface area (Å²) in [6.07, 6.45) is 4.10. The van der Waals surface area contributed by atoms with E-state index in [1.165, 1.54) is 12.8 Å². The molecule has 0 amide bonds. The highest BCUT2D eigenvalue weighted by Crippen LogP contribution is 2.46. The number of benzene rings is 1. The summed E-state index contributed by atoms with van der Waals surface area (Å²) >= 11 is 0. The molecule has 2 aliphatic rings. The Bertz CT molecular complexity index is 469. The van der Waals surface area contributed by atoms with Gasteiger partial charge in [0.05, 0.1) is 25.9 Å².